The molecule has 0 radical (unpaired) electrons. The van der Waals surface area contributed by atoms with Crippen LogP contribution < -0.4 is 5.32 Å². The van der Waals surface area contributed by atoms with E-state index in [0.29, 0.717) is 19.4 Å². The summed E-state index contributed by atoms with van der Waals surface area (Å²) in [5.41, 5.74) is 0. The molecule has 0 aliphatic rings. The van der Waals surface area contributed by atoms with Gasteiger partial charge in [-0.05, 0) is 64.2 Å². The molecule has 6 nitrogen and oxygen atoms in total. The summed E-state index contributed by atoms with van der Waals surface area (Å²) in [5, 5.41) is 23.1. The maximum Gasteiger partial charge on any atom is 0.305 e. The van der Waals surface area contributed by atoms with E-state index in [4.69, 9.17) is 4.74 Å². The molecule has 0 fully saturated rings. The Morgan fingerprint density at radius 1 is 0.359 bits per heavy atom. The summed E-state index contributed by atoms with van der Waals surface area (Å²) in [6.45, 7) is 4.92. The average Bonchev–Trinajstić information content (AvgIpc) is 3.44. The molecule has 3 N–H and O–H groups in total. The summed E-state index contributed by atoms with van der Waals surface area (Å²) in [7, 11) is 0. The molecule has 0 saturated heterocycles. The fourth-order valence-corrected chi connectivity index (χ4v) is 11.0. The largest absolute Gasteiger partial charge is 0.466 e. The Bertz CT molecular complexity index is 1260. The van der Waals surface area contributed by atoms with E-state index in [-0.39, 0.29) is 18.5 Å². The molecule has 2 atom stereocenters. The predicted octanol–water partition coefficient (Wildman–Crippen LogP) is 22.7. The lowest BCUT2D eigenvalue weighted by Gasteiger charge is -2.20. The summed E-state index contributed by atoms with van der Waals surface area (Å²) in [6, 6.07) is -0.624. The Balaban J connectivity index is 3.35. The standard InChI is InChI=1S/C72H137NO5/c1-3-5-7-9-11-13-15-41-46-50-54-58-62-66-72(77)78-67-63-59-55-51-47-43-40-38-36-34-32-30-28-26-24-22-20-18-16-17-19-21-23-25-27-29-31-33-35-37-39-42-45-49-53-57-61-65-71(76)73-69(68-74)70(75)64-60-56-52-48-44-14-12-10-8-6-4-2/h16,18,22,24,60,64,69-70,74-75H,3-15,17,19-21,23,25-59,61-63,65-68H2,1-2H3,(H,73,76)/b18-16-,24-22-,64-60+. The molecule has 0 heterocycles. The minimum absolute atomic E-state index is 0.0203. The number of aliphatic hydroxyl groups is 2. The summed E-state index contributed by atoms with van der Waals surface area (Å²) >= 11 is 0. The van der Waals surface area contributed by atoms with Gasteiger partial charge in [0.1, 0.15) is 0 Å². The van der Waals surface area contributed by atoms with Crippen LogP contribution >= 0.6 is 0 Å². The second-order valence-electron chi connectivity index (χ2n) is 24.2. The predicted molar refractivity (Wildman–Crippen MR) is 343 cm³/mol. The van der Waals surface area contributed by atoms with Gasteiger partial charge in [0.05, 0.1) is 25.4 Å². The first-order valence-electron chi connectivity index (χ1n) is 35.3. The zero-order valence-electron chi connectivity index (χ0n) is 52.7. The van der Waals surface area contributed by atoms with Gasteiger partial charge in [0.15, 0.2) is 0 Å². The number of aliphatic hydroxyl groups excluding tert-OH is 2. The van der Waals surface area contributed by atoms with Crippen LogP contribution in [0.15, 0.2) is 36.5 Å². The van der Waals surface area contributed by atoms with Crippen molar-refractivity contribution in [3.8, 4) is 0 Å². The van der Waals surface area contributed by atoms with E-state index >= 15 is 0 Å². The Hall–Kier alpha value is -1.92. The molecule has 0 aliphatic heterocycles. The number of amides is 1. The minimum Gasteiger partial charge on any atom is -0.466 e. The third-order valence-corrected chi connectivity index (χ3v) is 16.4. The number of carbonyl (C=O) groups is 2. The highest BCUT2D eigenvalue weighted by atomic mass is 16.5. The lowest BCUT2D eigenvalue weighted by molar-refractivity contribution is -0.143. The molecule has 0 aromatic carbocycles. The Kier molecular flexibility index (Phi) is 65.9. The maximum atomic E-state index is 12.4. The van der Waals surface area contributed by atoms with Gasteiger partial charge >= 0.3 is 5.97 Å². The van der Waals surface area contributed by atoms with Gasteiger partial charge in [-0.1, -0.05) is 346 Å². The molecule has 0 spiro atoms. The van der Waals surface area contributed by atoms with Gasteiger partial charge in [-0.15, -0.1) is 0 Å². The highest BCUT2D eigenvalue weighted by Crippen LogP contribution is 2.18. The lowest BCUT2D eigenvalue weighted by Crippen LogP contribution is -2.45. The highest BCUT2D eigenvalue weighted by Gasteiger charge is 2.18. The lowest BCUT2D eigenvalue weighted by atomic mass is 10.0. The Labute approximate surface area is 487 Å². The number of carbonyl (C=O) groups excluding carboxylic acids is 2. The van der Waals surface area contributed by atoms with Gasteiger partial charge in [-0.25, -0.2) is 0 Å². The van der Waals surface area contributed by atoms with Crippen LogP contribution in [0.3, 0.4) is 0 Å². The number of allylic oxidation sites excluding steroid dienone is 5. The van der Waals surface area contributed by atoms with E-state index in [2.05, 4.69) is 43.5 Å². The summed E-state index contributed by atoms with van der Waals surface area (Å²) in [6.07, 6.45) is 86.7. The third kappa shape index (κ3) is 63.3. The summed E-state index contributed by atoms with van der Waals surface area (Å²) in [4.78, 5) is 24.5. The van der Waals surface area contributed by atoms with Crippen molar-refractivity contribution in [3.63, 3.8) is 0 Å². The molecule has 0 rings (SSSR count). The molecule has 78 heavy (non-hydrogen) atoms. The van der Waals surface area contributed by atoms with E-state index in [0.717, 1.165) is 44.9 Å². The van der Waals surface area contributed by atoms with Gasteiger partial charge in [0, 0.05) is 12.8 Å². The number of esters is 1. The first kappa shape index (κ1) is 76.1. The molecule has 6 heteroatoms. The molecule has 0 aliphatic carbocycles. The smallest absolute Gasteiger partial charge is 0.305 e. The van der Waals surface area contributed by atoms with E-state index in [1.54, 1.807) is 6.08 Å². The van der Waals surface area contributed by atoms with E-state index in [9.17, 15) is 19.8 Å². The molecular formula is C72H137NO5. The number of hydrogen-bond donors (Lipinski definition) is 3. The normalized spacial score (nSPS) is 12.7. The van der Waals surface area contributed by atoms with Crippen molar-refractivity contribution >= 4 is 11.9 Å². The molecular weight excluding hydrogens is 959 g/mol. The zero-order chi connectivity index (χ0) is 56.4. The number of hydrogen-bond acceptors (Lipinski definition) is 5. The molecule has 460 valence electrons. The summed E-state index contributed by atoms with van der Waals surface area (Å²) < 4.78 is 5.49. The maximum absolute atomic E-state index is 12.4. The molecule has 0 aromatic heterocycles. The van der Waals surface area contributed by atoms with E-state index in [1.165, 1.54) is 315 Å². The summed E-state index contributed by atoms with van der Waals surface area (Å²) in [5.74, 6) is -0.0449. The monoisotopic (exact) mass is 1100 g/mol. The quantitative estimate of drug-likeness (QED) is 0.0320. The van der Waals surface area contributed by atoms with Gasteiger partial charge in [-0.2, -0.15) is 0 Å². The van der Waals surface area contributed by atoms with Crippen molar-refractivity contribution < 1.29 is 24.5 Å². The van der Waals surface area contributed by atoms with Crippen molar-refractivity contribution in [3.05, 3.63) is 36.5 Å². The molecule has 0 bridgehead atoms. The fraction of sp³-hybridized carbons (Fsp3) is 0.889. The first-order valence-corrected chi connectivity index (χ1v) is 35.3. The van der Waals surface area contributed by atoms with Crippen LogP contribution in [0.4, 0.5) is 0 Å². The molecule has 0 saturated carbocycles. The molecule has 1 amide bonds. The van der Waals surface area contributed by atoms with Gasteiger partial charge in [0.2, 0.25) is 5.91 Å². The zero-order valence-corrected chi connectivity index (χ0v) is 52.7. The van der Waals surface area contributed by atoms with Crippen LogP contribution in [0.5, 0.6) is 0 Å². The van der Waals surface area contributed by atoms with Crippen molar-refractivity contribution in [2.75, 3.05) is 13.2 Å². The third-order valence-electron chi connectivity index (χ3n) is 16.4. The molecule has 0 aromatic rings. The van der Waals surface area contributed by atoms with Crippen LogP contribution in [0.1, 0.15) is 386 Å². The Morgan fingerprint density at radius 3 is 0.974 bits per heavy atom. The average molecular weight is 1100 g/mol. The minimum atomic E-state index is -0.841. The highest BCUT2D eigenvalue weighted by molar-refractivity contribution is 5.76. The Morgan fingerprint density at radius 2 is 0.641 bits per heavy atom. The van der Waals surface area contributed by atoms with Crippen LogP contribution in [0, 0.1) is 0 Å². The van der Waals surface area contributed by atoms with Gasteiger partial charge in [0.25, 0.3) is 0 Å². The van der Waals surface area contributed by atoms with Crippen LogP contribution in [0.2, 0.25) is 0 Å². The number of rotatable bonds is 66. The number of nitrogens with one attached hydrogen (secondary N) is 1. The molecule has 2 unspecified atom stereocenters. The fourth-order valence-electron chi connectivity index (χ4n) is 11.0. The van der Waals surface area contributed by atoms with Crippen molar-refractivity contribution in [2.45, 2.75) is 398 Å². The van der Waals surface area contributed by atoms with E-state index < -0.39 is 12.1 Å². The van der Waals surface area contributed by atoms with E-state index in [1.807, 2.05) is 6.08 Å². The SMILES string of the molecule is CCCCCCCCCCC/C=C/C(O)C(CO)NC(=O)CCCCCCCCCCCCCCCCCCC/C=C\C/C=C\CCCCCCCCCCCCCCCOC(=O)CCCCCCCCCCCCCCC. The van der Waals surface area contributed by atoms with Crippen LogP contribution in [-0.2, 0) is 14.3 Å². The van der Waals surface area contributed by atoms with Crippen molar-refractivity contribution in [1.82, 2.24) is 5.32 Å². The number of unbranched alkanes of at least 4 members (excludes halogenated alkanes) is 51. The van der Waals surface area contributed by atoms with Crippen LogP contribution in [-0.4, -0.2) is 47.4 Å². The van der Waals surface area contributed by atoms with Crippen molar-refractivity contribution in [1.29, 1.82) is 0 Å². The second-order valence-corrected chi connectivity index (χ2v) is 24.2. The second kappa shape index (κ2) is 67.6. The van der Waals surface area contributed by atoms with Gasteiger partial charge in [-0.3, -0.25) is 9.59 Å². The van der Waals surface area contributed by atoms with Crippen LogP contribution in [0.25, 0.3) is 0 Å². The topological polar surface area (TPSA) is 95.9 Å². The van der Waals surface area contributed by atoms with Crippen molar-refractivity contribution in [2.24, 2.45) is 0 Å². The van der Waals surface area contributed by atoms with Gasteiger partial charge < -0.3 is 20.3 Å². The first-order chi connectivity index (χ1) is 38.5. The number of ether oxygens (including phenoxy) is 1.